The first-order chi connectivity index (χ1) is 17.8. The predicted molar refractivity (Wildman–Crippen MR) is 139 cm³/mol. The largest absolute Gasteiger partial charge is 0.451 e. The Morgan fingerprint density at radius 3 is 2.27 bits per heavy atom. The smallest absolute Gasteiger partial charge is 0.338 e. The summed E-state index contributed by atoms with van der Waals surface area (Å²) in [6, 6.07) is 23.5. The van der Waals surface area contributed by atoms with Gasteiger partial charge in [0.25, 0.3) is 0 Å². The van der Waals surface area contributed by atoms with E-state index in [2.05, 4.69) is 12.1 Å². The summed E-state index contributed by atoms with van der Waals surface area (Å²) in [5.41, 5.74) is 3.22. The third-order valence-electron chi connectivity index (χ3n) is 7.53. The number of ether oxygens (including phenoxy) is 1. The van der Waals surface area contributed by atoms with Crippen molar-refractivity contribution in [2.24, 2.45) is 11.8 Å². The van der Waals surface area contributed by atoms with Gasteiger partial charge in [0.05, 0.1) is 23.1 Å². The third kappa shape index (κ3) is 4.84. The van der Waals surface area contributed by atoms with E-state index in [4.69, 9.17) is 4.74 Å². The van der Waals surface area contributed by atoms with Crippen LogP contribution in [-0.2, 0) is 14.3 Å². The minimum absolute atomic E-state index is 0.179. The van der Waals surface area contributed by atoms with E-state index in [1.807, 2.05) is 37.3 Å². The van der Waals surface area contributed by atoms with E-state index >= 15 is 0 Å². The number of benzene rings is 3. The van der Waals surface area contributed by atoms with Crippen LogP contribution in [0, 0.1) is 18.8 Å². The van der Waals surface area contributed by atoms with Crippen LogP contribution in [0.2, 0.25) is 0 Å². The summed E-state index contributed by atoms with van der Waals surface area (Å²) in [6.07, 6.45) is 1.17. The first kappa shape index (κ1) is 24.6. The number of imide groups is 1. The van der Waals surface area contributed by atoms with Gasteiger partial charge in [0.1, 0.15) is 0 Å². The molecule has 0 N–H and O–H groups in total. The summed E-state index contributed by atoms with van der Waals surface area (Å²) in [5, 5.41) is 0. The fourth-order valence-electron chi connectivity index (χ4n) is 5.47. The summed E-state index contributed by atoms with van der Waals surface area (Å²) in [7, 11) is 0. The van der Waals surface area contributed by atoms with Crippen molar-refractivity contribution in [3.63, 3.8) is 0 Å². The van der Waals surface area contributed by atoms with E-state index in [9.17, 15) is 19.2 Å². The van der Waals surface area contributed by atoms with Crippen LogP contribution < -0.4 is 4.90 Å². The average Bonchev–Trinajstić information content (AvgIpc) is 3.18. The number of hydrogen-bond acceptors (Lipinski definition) is 5. The minimum atomic E-state index is -0.980. The molecule has 1 saturated carbocycles. The Hall–Kier alpha value is -4.06. The molecule has 6 heteroatoms. The van der Waals surface area contributed by atoms with E-state index in [0.29, 0.717) is 24.1 Å². The van der Waals surface area contributed by atoms with Gasteiger partial charge in [-0.15, -0.1) is 0 Å². The highest BCUT2D eigenvalue weighted by atomic mass is 16.5. The lowest BCUT2D eigenvalue weighted by molar-refractivity contribution is -0.122. The summed E-state index contributed by atoms with van der Waals surface area (Å²) >= 11 is 0. The molecule has 0 unspecified atom stereocenters. The highest BCUT2D eigenvalue weighted by Gasteiger charge is 2.50. The zero-order valence-electron chi connectivity index (χ0n) is 20.9. The van der Waals surface area contributed by atoms with E-state index in [1.165, 1.54) is 23.5 Å². The first-order valence-electron chi connectivity index (χ1n) is 12.7. The highest BCUT2D eigenvalue weighted by Crippen LogP contribution is 2.45. The lowest BCUT2D eigenvalue weighted by Gasteiger charge is -2.28. The molecule has 3 aromatic rings. The van der Waals surface area contributed by atoms with Crippen molar-refractivity contribution in [3.8, 4) is 0 Å². The molecule has 188 valence electrons. The van der Waals surface area contributed by atoms with Crippen LogP contribution in [0.1, 0.15) is 63.9 Å². The average molecular weight is 496 g/mol. The summed E-state index contributed by atoms with van der Waals surface area (Å²) in [5.74, 6) is -1.88. The molecule has 1 aliphatic carbocycles. The molecule has 4 atom stereocenters. The predicted octanol–water partition coefficient (Wildman–Crippen LogP) is 5.50. The van der Waals surface area contributed by atoms with Gasteiger partial charge >= 0.3 is 5.97 Å². The summed E-state index contributed by atoms with van der Waals surface area (Å²) < 4.78 is 5.43. The number of carbonyl (C=O) groups excluding carboxylic acids is 4. The quantitative estimate of drug-likeness (QED) is 0.256. The molecule has 2 aliphatic rings. The van der Waals surface area contributed by atoms with Crippen molar-refractivity contribution in [2.45, 2.75) is 45.1 Å². The number of rotatable bonds is 6. The van der Waals surface area contributed by atoms with Crippen LogP contribution in [0.15, 0.2) is 78.9 Å². The van der Waals surface area contributed by atoms with Gasteiger partial charge in [0, 0.05) is 5.56 Å². The second-order valence-electron chi connectivity index (χ2n) is 9.97. The number of fused-ring (bicyclic) bond motifs is 1. The molecule has 0 radical (unpaired) electrons. The molecular formula is C31H29NO5. The number of hydrogen-bond donors (Lipinski definition) is 0. The Balaban J connectivity index is 1.30. The zero-order chi connectivity index (χ0) is 26.1. The molecule has 5 rings (SSSR count). The van der Waals surface area contributed by atoms with Crippen molar-refractivity contribution in [1.82, 2.24) is 0 Å². The second kappa shape index (κ2) is 10.1. The fourth-order valence-corrected chi connectivity index (χ4v) is 5.47. The van der Waals surface area contributed by atoms with Gasteiger partial charge < -0.3 is 4.74 Å². The number of carbonyl (C=O) groups is 4. The number of anilines is 1. The van der Waals surface area contributed by atoms with Crippen LogP contribution >= 0.6 is 0 Å². The van der Waals surface area contributed by atoms with Gasteiger partial charge in [0.2, 0.25) is 17.6 Å². The minimum Gasteiger partial charge on any atom is -0.451 e. The van der Waals surface area contributed by atoms with Gasteiger partial charge in [-0.1, -0.05) is 66.2 Å². The van der Waals surface area contributed by atoms with Crippen LogP contribution in [0.4, 0.5) is 5.69 Å². The zero-order valence-corrected chi connectivity index (χ0v) is 20.9. The van der Waals surface area contributed by atoms with Crippen molar-refractivity contribution in [2.75, 3.05) is 4.90 Å². The third-order valence-corrected chi connectivity index (χ3v) is 7.53. The van der Waals surface area contributed by atoms with Crippen molar-refractivity contribution in [1.29, 1.82) is 0 Å². The Labute approximate surface area is 216 Å². The topological polar surface area (TPSA) is 80.8 Å². The van der Waals surface area contributed by atoms with Crippen molar-refractivity contribution in [3.05, 3.63) is 101 Å². The Kier molecular flexibility index (Phi) is 6.74. The molecule has 1 aliphatic heterocycles. The Bertz CT molecular complexity index is 1350. The second-order valence-corrected chi connectivity index (χ2v) is 9.97. The maximum Gasteiger partial charge on any atom is 0.338 e. The maximum atomic E-state index is 13.4. The first-order valence-corrected chi connectivity index (χ1v) is 12.7. The number of Topliss-reactive ketones (excluding diaryl/α,β-unsaturated/α-hetero) is 1. The van der Waals surface area contributed by atoms with Crippen molar-refractivity contribution < 1.29 is 23.9 Å². The number of ketones is 1. The van der Waals surface area contributed by atoms with E-state index < -0.39 is 12.1 Å². The number of amides is 2. The number of nitrogens with zero attached hydrogens (tertiary/aromatic N) is 1. The summed E-state index contributed by atoms with van der Waals surface area (Å²) in [6.45, 7) is 3.46. The molecule has 2 amide bonds. The molecule has 0 bridgehead atoms. The molecule has 1 heterocycles. The van der Waals surface area contributed by atoms with Gasteiger partial charge in [-0.05, 0) is 62.8 Å². The monoisotopic (exact) mass is 495 g/mol. The van der Waals surface area contributed by atoms with Gasteiger partial charge in [-0.3, -0.25) is 19.3 Å². The molecule has 6 nitrogen and oxygen atoms in total. The lowest BCUT2D eigenvalue weighted by atomic mass is 9.73. The normalized spacial score (nSPS) is 21.9. The SMILES string of the molecule is Cc1ccc(C(=O)[C@H](C)OC(=O)c2cccc(N3C(=O)[C@@H]4CC[C@H](c5ccccc5)C[C@H]4C3=O)c2)cc1. The molecule has 3 aromatic carbocycles. The highest BCUT2D eigenvalue weighted by molar-refractivity contribution is 6.22. The van der Waals surface area contributed by atoms with Crippen LogP contribution in [0.3, 0.4) is 0 Å². The van der Waals surface area contributed by atoms with Crippen LogP contribution in [0.25, 0.3) is 0 Å². The van der Waals surface area contributed by atoms with E-state index in [1.54, 1.807) is 30.3 Å². The Morgan fingerprint density at radius 2 is 1.54 bits per heavy atom. The molecule has 1 saturated heterocycles. The van der Waals surface area contributed by atoms with Crippen LogP contribution in [-0.4, -0.2) is 29.7 Å². The van der Waals surface area contributed by atoms with Crippen LogP contribution in [0.5, 0.6) is 0 Å². The van der Waals surface area contributed by atoms with E-state index in [0.717, 1.165) is 12.0 Å². The lowest BCUT2D eigenvalue weighted by Crippen LogP contribution is -2.31. The molecule has 2 fully saturated rings. The number of esters is 1. The maximum absolute atomic E-state index is 13.4. The number of aryl methyl sites for hydroxylation is 1. The molecule has 37 heavy (non-hydrogen) atoms. The fraction of sp³-hybridized carbons (Fsp3) is 0.290. The molecule has 0 spiro atoms. The van der Waals surface area contributed by atoms with Gasteiger partial charge in [-0.25, -0.2) is 4.79 Å². The van der Waals surface area contributed by atoms with Gasteiger partial charge in [0.15, 0.2) is 6.10 Å². The van der Waals surface area contributed by atoms with Crippen molar-refractivity contribution >= 4 is 29.3 Å². The summed E-state index contributed by atoms with van der Waals surface area (Å²) in [4.78, 5) is 53.4. The standard InChI is InChI=1S/C31H29NO5/c1-19-11-13-22(14-12-19)28(33)20(2)37-31(36)24-9-6-10-25(17-24)32-29(34)26-16-15-23(18-27(26)30(32)35)21-7-4-3-5-8-21/h3-14,17,20,23,26-27H,15-16,18H2,1-2H3/t20-,23-,26+,27+/m0/s1. The molecule has 0 aromatic heterocycles. The molecular weight excluding hydrogens is 466 g/mol. The van der Waals surface area contributed by atoms with E-state index in [-0.39, 0.29) is 40.9 Å². The Morgan fingerprint density at radius 1 is 0.838 bits per heavy atom. The van der Waals surface area contributed by atoms with Gasteiger partial charge in [-0.2, -0.15) is 0 Å².